The standard InChI is InChI=1S/C32H34ClFN2O3/c1-32(2,3)39-31(37)36-16-15-24(19-36)35-23-10-5-21(6-11-23)30-27(26-14-9-22(34)17-29(26)33)13-8-20-7-12-25(38-4)18-28(20)30/h5-7,9-12,14,17-18,24,35H,8,13,15-16,19H2,1-4H3. The maximum absolute atomic E-state index is 13.9. The fourth-order valence-corrected chi connectivity index (χ4v) is 5.63. The molecule has 1 unspecified atom stereocenters. The Kier molecular flexibility index (Phi) is 7.59. The number of allylic oxidation sites excluding steroid dienone is 1. The molecule has 1 aliphatic heterocycles. The second-order valence-corrected chi connectivity index (χ2v) is 11.5. The number of likely N-dealkylation sites (tertiary alicyclic amines) is 1. The van der Waals surface area contributed by atoms with Gasteiger partial charge in [0.2, 0.25) is 0 Å². The van der Waals surface area contributed by atoms with E-state index in [4.69, 9.17) is 21.1 Å². The lowest BCUT2D eigenvalue weighted by Crippen LogP contribution is -2.36. The van der Waals surface area contributed by atoms with Crippen molar-refractivity contribution in [2.45, 2.75) is 51.7 Å². The molecular formula is C32H34ClFN2O3. The van der Waals surface area contributed by atoms with Gasteiger partial charge in [0.25, 0.3) is 0 Å². The monoisotopic (exact) mass is 548 g/mol. The minimum absolute atomic E-state index is 0.149. The highest BCUT2D eigenvalue weighted by atomic mass is 35.5. The number of halogens is 2. The molecule has 0 bridgehead atoms. The van der Waals surface area contributed by atoms with Gasteiger partial charge in [-0.25, -0.2) is 9.18 Å². The number of carbonyl (C=O) groups excluding carboxylic acids is 1. The number of fused-ring (bicyclic) bond motifs is 1. The summed E-state index contributed by atoms with van der Waals surface area (Å²) in [5, 5.41) is 3.97. The Labute approximate surface area is 234 Å². The van der Waals surface area contributed by atoms with E-state index < -0.39 is 5.60 Å². The molecule has 5 nitrogen and oxygen atoms in total. The van der Waals surface area contributed by atoms with Gasteiger partial charge >= 0.3 is 6.09 Å². The number of nitrogens with zero attached hydrogens (tertiary/aromatic N) is 1. The van der Waals surface area contributed by atoms with E-state index in [1.807, 2.05) is 26.8 Å². The van der Waals surface area contributed by atoms with Crippen LogP contribution in [0.5, 0.6) is 5.75 Å². The molecule has 1 heterocycles. The Morgan fingerprint density at radius 1 is 1.03 bits per heavy atom. The molecule has 0 aromatic heterocycles. The van der Waals surface area contributed by atoms with Gasteiger partial charge < -0.3 is 19.7 Å². The summed E-state index contributed by atoms with van der Waals surface area (Å²) in [7, 11) is 1.67. The first-order valence-corrected chi connectivity index (χ1v) is 13.7. The van der Waals surface area contributed by atoms with Crippen LogP contribution in [0.25, 0.3) is 11.1 Å². The summed E-state index contributed by atoms with van der Waals surface area (Å²) >= 11 is 6.55. The molecule has 1 N–H and O–H groups in total. The van der Waals surface area contributed by atoms with Crippen LogP contribution in [-0.2, 0) is 11.2 Å². The van der Waals surface area contributed by atoms with Crippen LogP contribution in [0.1, 0.15) is 55.9 Å². The molecule has 5 rings (SSSR count). The molecule has 1 amide bonds. The minimum atomic E-state index is -0.508. The number of methoxy groups -OCH3 is 1. The molecule has 0 radical (unpaired) electrons. The summed E-state index contributed by atoms with van der Waals surface area (Å²) in [5.41, 5.74) is 6.87. The van der Waals surface area contributed by atoms with E-state index in [9.17, 15) is 9.18 Å². The predicted octanol–water partition coefficient (Wildman–Crippen LogP) is 7.81. The predicted molar refractivity (Wildman–Crippen MR) is 155 cm³/mol. The summed E-state index contributed by atoms with van der Waals surface area (Å²) in [6.45, 7) is 6.90. The Morgan fingerprint density at radius 2 is 1.79 bits per heavy atom. The van der Waals surface area contributed by atoms with E-state index in [1.165, 1.54) is 17.7 Å². The molecule has 0 saturated carbocycles. The smallest absolute Gasteiger partial charge is 0.410 e. The zero-order chi connectivity index (χ0) is 27.7. The topological polar surface area (TPSA) is 50.8 Å². The van der Waals surface area contributed by atoms with Gasteiger partial charge in [0.15, 0.2) is 0 Å². The highest BCUT2D eigenvalue weighted by Gasteiger charge is 2.30. The van der Waals surface area contributed by atoms with Crippen LogP contribution < -0.4 is 10.1 Å². The van der Waals surface area contributed by atoms with Crippen LogP contribution in [0, 0.1) is 5.82 Å². The molecule has 1 aliphatic carbocycles. The average Bonchev–Trinajstić information content (AvgIpc) is 3.36. The SMILES string of the molecule is COc1ccc2c(c1)C(c1ccc(NC3CCN(C(=O)OC(C)(C)C)C3)cc1)=C(c1ccc(F)cc1Cl)CC2. The normalized spacial score (nSPS) is 17.2. The van der Waals surface area contributed by atoms with Crippen molar-refractivity contribution >= 4 is 34.5 Å². The summed E-state index contributed by atoms with van der Waals surface area (Å²) < 4.78 is 24.9. The van der Waals surface area contributed by atoms with E-state index >= 15 is 0 Å². The Morgan fingerprint density at radius 3 is 2.49 bits per heavy atom. The maximum atomic E-state index is 13.9. The number of nitrogens with one attached hydrogen (secondary N) is 1. The largest absolute Gasteiger partial charge is 0.497 e. The summed E-state index contributed by atoms with van der Waals surface area (Å²) in [4.78, 5) is 14.2. The third kappa shape index (κ3) is 6.06. The van der Waals surface area contributed by atoms with Gasteiger partial charge in [-0.2, -0.15) is 0 Å². The van der Waals surface area contributed by atoms with Crippen LogP contribution in [0.15, 0.2) is 60.7 Å². The fraction of sp³-hybridized carbons (Fsp3) is 0.344. The zero-order valence-corrected chi connectivity index (χ0v) is 23.6. The van der Waals surface area contributed by atoms with Crippen LogP contribution in [0.3, 0.4) is 0 Å². The van der Waals surface area contributed by atoms with Gasteiger partial charge in [0, 0.05) is 24.8 Å². The fourth-order valence-electron chi connectivity index (χ4n) is 5.35. The maximum Gasteiger partial charge on any atom is 0.410 e. The van der Waals surface area contributed by atoms with Crippen molar-refractivity contribution in [1.29, 1.82) is 0 Å². The quantitative estimate of drug-likeness (QED) is 0.353. The van der Waals surface area contributed by atoms with Gasteiger partial charge in [-0.1, -0.05) is 35.9 Å². The van der Waals surface area contributed by atoms with E-state index in [-0.39, 0.29) is 18.0 Å². The van der Waals surface area contributed by atoms with Gasteiger partial charge in [0.1, 0.15) is 17.2 Å². The lowest BCUT2D eigenvalue weighted by atomic mass is 9.79. The number of hydrogen-bond donors (Lipinski definition) is 1. The van der Waals surface area contributed by atoms with Crippen LogP contribution in [-0.4, -0.2) is 42.8 Å². The first kappa shape index (κ1) is 27.1. The first-order valence-electron chi connectivity index (χ1n) is 13.3. The number of carbonyl (C=O) groups is 1. The zero-order valence-electron chi connectivity index (χ0n) is 22.8. The minimum Gasteiger partial charge on any atom is -0.497 e. The van der Waals surface area contributed by atoms with E-state index in [0.717, 1.165) is 58.5 Å². The number of hydrogen-bond acceptors (Lipinski definition) is 4. The molecule has 3 aromatic rings. The number of benzene rings is 3. The van der Waals surface area contributed by atoms with Crippen LogP contribution in [0.2, 0.25) is 5.02 Å². The van der Waals surface area contributed by atoms with Crippen LogP contribution >= 0.6 is 11.6 Å². The molecule has 7 heteroatoms. The third-order valence-electron chi connectivity index (χ3n) is 7.17. The summed E-state index contributed by atoms with van der Waals surface area (Å²) in [6.07, 6.45) is 2.24. The lowest BCUT2D eigenvalue weighted by Gasteiger charge is -2.26. The van der Waals surface area contributed by atoms with Crippen molar-refractivity contribution in [3.05, 3.63) is 93.8 Å². The molecule has 1 atom stereocenters. The molecule has 39 heavy (non-hydrogen) atoms. The van der Waals surface area contributed by atoms with E-state index in [1.54, 1.807) is 18.1 Å². The number of aryl methyl sites for hydroxylation is 1. The van der Waals surface area contributed by atoms with Crippen molar-refractivity contribution in [2.75, 3.05) is 25.5 Å². The van der Waals surface area contributed by atoms with Crippen molar-refractivity contribution in [1.82, 2.24) is 4.90 Å². The van der Waals surface area contributed by atoms with Gasteiger partial charge in [0.05, 0.1) is 12.1 Å². The summed E-state index contributed by atoms with van der Waals surface area (Å²) in [5.74, 6) is 0.433. The van der Waals surface area contributed by atoms with Gasteiger partial charge in [-0.3, -0.25) is 0 Å². The second-order valence-electron chi connectivity index (χ2n) is 11.1. The van der Waals surface area contributed by atoms with Gasteiger partial charge in [-0.15, -0.1) is 0 Å². The van der Waals surface area contributed by atoms with Crippen molar-refractivity contribution in [3.63, 3.8) is 0 Å². The molecule has 1 fully saturated rings. The van der Waals surface area contributed by atoms with Gasteiger partial charge in [-0.05, 0) is 110 Å². The Bertz CT molecular complexity index is 1410. The summed E-state index contributed by atoms with van der Waals surface area (Å²) in [6, 6.07) is 19.3. The highest BCUT2D eigenvalue weighted by Crippen LogP contribution is 2.44. The van der Waals surface area contributed by atoms with E-state index in [2.05, 4.69) is 41.7 Å². The van der Waals surface area contributed by atoms with Crippen LogP contribution in [0.4, 0.5) is 14.9 Å². The number of rotatable bonds is 5. The third-order valence-corrected chi connectivity index (χ3v) is 7.49. The molecule has 2 aliphatic rings. The second kappa shape index (κ2) is 10.9. The van der Waals surface area contributed by atoms with Crippen molar-refractivity contribution in [2.24, 2.45) is 0 Å². The molecule has 1 saturated heterocycles. The number of amides is 1. The van der Waals surface area contributed by atoms with E-state index in [0.29, 0.717) is 18.1 Å². The number of ether oxygens (including phenoxy) is 2. The molecular weight excluding hydrogens is 515 g/mol. The first-order chi connectivity index (χ1) is 18.6. The van der Waals surface area contributed by atoms with Crippen molar-refractivity contribution in [3.8, 4) is 5.75 Å². The van der Waals surface area contributed by atoms with Crippen molar-refractivity contribution < 1.29 is 18.7 Å². The Balaban J connectivity index is 1.43. The molecule has 204 valence electrons. The number of anilines is 1. The Hall–Kier alpha value is -3.51. The highest BCUT2D eigenvalue weighted by molar-refractivity contribution is 6.32. The average molecular weight is 549 g/mol. The lowest BCUT2D eigenvalue weighted by molar-refractivity contribution is 0.0293. The molecule has 3 aromatic carbocycles. The molecule has 0 spiro atoms.